The van der Waals surface area contributed by atoms with Gasteiger partial charge in [-0.15, -0.1) is 6.58 Å². The Morgan fingerprint density at radius 1 is 1.22 bits per heavy atom. The van der Waals surface area contributed by atoms with Crippen LogP contribution in [-0.2, 0) is 6.54 Å². The highest BCUT2D eigenvalue weighted by atomic mass is 32.1. The molecule has 0 bridgehead atoms. The first-order valence-corrected chi connectivity index (χ1v) is 10.3. The molecule has 10 nitrogen and oxygen atoms in total. The quantitative estimate of drug-likeness (QED) is 0.317. The maximum Gasteiger partial charge on any atom is 0.286 e. The number of nitro benzene ring substituents is 1. The van der Waals surface area contributed by atoms with Gasteiger partial charge in [0.05, 0.1) is 35.4 Å². The molecule has 1 amide bonds. The summed E-state index contributed by atoms with van der Waals surface area (Å²) in [6.07, 6.45) is 1.67. The van der Waals surface area contributed by atoms with E-state index in [1.807, 2.05) is 12.1 Å². The first-order chi connectivity index (χ1) is 15.5. The van der Waals surface area contributed by atoms with Crippen molar-refractivity contribution in [1.29, 1.82) is 0 Å². The minimum Gasteiger partial charge on any atom is -0.493 e. The fraction of sp³-hybridized carbons (Fsp3) is 0.238. The number of nitro groups is 1. The third-order valence-electron chi connectivity index (χ3n) is 4.78. The molecule has 0 N–H and O–H groups in total. The van der Waals surface area contributed by atoms with Gasteiger partial charge in [0.1, 0.15) is 18.8 Å². The molecule has 11 heteroatoms. The average molecular weight is 457 g/mol. The van der Waals surface area contributed by atoms with E-state index >= 15 is 0 Å². The standard InChI is InChI=1S/C21H19N3O7S/c1-4-5-23-14-10-17-18(31-7-6-30-17)11-19(14)32-21(23)22-20(25)12-8-15(28-2)16(29-3)9-13(12)24(26)27/h4,8-11H,1,5-7H2,2-3H3. The highest BCUT2D eigenvalue weighted by Gasteiger charge is 2.25. The predicted molar refractivity (Wildman–Crippen MR) is 117 cm³/mol. The second-order valence-electron chi connectivity index (χ2n) is 6.65. The van der Waals surface area contributed by atoms with Gasteiger partial charge >= 0.3 is 0 Å². The minimum atomic E-state index is -0.778. The molecule has 0 fully saturated rings. The van der Waals surface area contributed by atoms with Crippen LogP contribution in [0.5, 0.6) is 23.0 Å². The molecule has 32 heavy (non-hydrogen) atoms. The highest BCUT2D eigenvalue weighted by molar-refractivity contribution is 7.16. The summed E-state index contributed by atoms with van der Waals surface area (Å²) in [5.41, 5.74) is 0.152. The second kappa shape index (κ2) is 8.71. The van der Waals surface area contributed by atoms with Crippen molar-refractivity contribution in [3.05, 3.63) is 57.4 Å². The number of benzene rings is 2. The van der Waals surface area contributed by atoms with Crippen LogP contribution in [0.4, 0.5) is 5.69 Å². The Bertz CT molecular complexity index is 1310. The molecular weight excluding hydrogens is 438 g/mol. The topological polar surface area (TPSA) is 114 Å². The van der Waals surface area contributed by atoms with Crippen LogP contribution in [0.2, 0.25) is 0 Å². The SMILES string of the molecule is C=CCn1c(=NC(=O)c2cc(OC)c(OC)cc2[N+](=O)[O-])sc2cc3c(cc21)OCCO3. The molecule has 3 aromatic rings. The van der Waals surface area contributed by atoms with Gasteiger partial charge < -0.3 is 23.5 Å². The molecule has 0 aliphatic carbocycles. The summed E-state index contributed by atoms with van der Waals surface area (Å²) in [5, 5.41) is 11.6. The summed E-state index contributed by atoms with van der Waals surface area (Å²) in [6, 6.07) is 6.06. The molecule has 0 spiro atoms. The number of nitrogens with zero attached hydrogens (tertiary/aromatic N) is 3. The number of amides is 1. The summed E-state index contributed by atoms with van der Waals surface area (Å²) in [4.78, 5) is 28.5. The molecule has 2 heterocycles. The van der Waals surface area contributed by atoms with E-state index in [0.29, 0.717) is 36.1 Å². The smallest absolute Gasteiger partial charge is 0.286 e. The van der Waals surface area contributed by atoms with E-state index in [1.165, 1.54) is 31.6 Å². The number of ether oxygens (including phenoxy) is 4. The van der Waals surface area contributed by atoms with E-state index in [2.05, 4.69) is 11.6 Å². The zero-order valence-electron chi connectivity index (χ0n) is 17.3. The Morgan fingerprint density at radius 3 is 2.50 bits per heavy atom. The van der Waals surface area contributed by atoms with Gasteiger partial charge in [-0.25, -0.2) is 0 Å². The van der Waals surface area contributed by atoms with Crippen LogP contribution in [0.1, 0.15) is 10.4 Å². The van der Waals surface area contributed by atoms with Crippen molar-refractivity contribution in [3.63, 3.8) is 0 Å². The van der Waals surface area contributed by atoms with Crippen LogP contribution in [0.3, 0.4) is 0 Å². The normalized spacial score (nSPS) is 13.1. The van der Waals surface area contributed by atoms with Gasteiger partial charge in [-0.2, -0.15) is 4.99 Å². The zero-order chi connectivity index (χ0) is 22.8. The van der Waals surface area contributed by atoms with E-state index in [9.17, 15) is 14.9 Å². The lowest BCUT2D eigenvalue weighted by Crippen LogP contribution is -2.17. The van der Waals surface area contributed by atoms with Gasteiger partial charge in [-0.05, 0) is 0 Å². The number of allylic oxidation sites excluding steroid dienone is 1. The third-order valence-corrected chi connectivity index (χ3v) is 5.83. The van der Waals surface area contributed by atoms with Gasteiger partial charge in [0.25, 0.3) is 11.6 Å². The summed E-state index contributed by atoms with van der Waals surface area (Å²) >= 11 is 1.26. The van der Waals surface area contributed by atoms with Gasteiger partial charge in [0.15, 0.2) is 27.8 Å². The summed E-state index contributed by atoms with van der Waals surface area (Å²) in [7, 11) is 2.74. The lowest BCUT2D eigenvalue weighted by Gasteiger charge is -2.18. The minimum absolute atomic E-state index is 0.143. The highest BCUT2D eigenvalue weighted by Crippen LogP contribution is 2.36. The molecule has 1 aliphatic heterocycles. The van der Waals surface area contributed by atoms with E-state index in [4.69, 9.17) is 18.9 Å². The summed E-state index contributed by atoms with van der Waals surface area (Å²) < 4.78 is 24.2. The molecule has 0 atom stereocenters. The fourth-order valence-corrected chi connectivity index (χ4v) is 4.38. The Morgan fingerprint density at radius 2 is 1.88 bits per heavy atom. The van der Waals surface area contributed by atoms with Crippen molar-refractivity contribution < 1.29 is 28.7 Å². The Labute approximate surface area is 186 Å². The number of carbonyl (C=O) groups excluding carboxylic acids is 1. The first kappa shape index (κ1) is 21.4. The van der Waals surface area contributed by atoms with Crippen LogP contribution in [0.25, 0.3) is 10.2 Å². The summed E-state index contributed by atoms with van der Waals surface area (Å²) in [5.74, 6) is 0.773. The van der Waals surface area contributed by atoms with E-state index in [-0.39, 0.29) is 17.1 Å². The lowest BCUT2D eigenvalue weighted by molar-refractivity contribution is -0.385. The van der Waals surface area contributed by atoms with E-state index in [1.54, 1.807) is 10.6 Å². The van der Waals surface area contributed by atoms with Crippen LogP contribution in [-0.4, -0.2) is 42.8 Å². The van der Waals surface area contributed by atoms with Crippen molar-refractivity contribution >= 4 is 33.1 Å². The molecule has 1 aliphatic rings. The summed E-state index contributed by atoms with van der Waals surface area (Å²) in [6.45, 7) is 5.04. The lowest BCUT2D eigenvalue weighted by atomic mass is 10.1. The van der Waals surface area contributed by atoms with E-state index in [0.717, 1.165) is 16.3 Å². The Hall–Kier alpha value is -3.86. The molecule has 2 aromatic carbocycles. The number of thiazole rings is 1. The van der Waals surface area contributed by atoms with Gasteiger partial charge in [0, 0.05) is 24.7 Å². The molecule has 166 valence electrons. The number of rotatable bonds is 6. The Kier molecular flexibility index (Phi) is 5.82. The molecule has 0 radical (unpaired) electrons. The molecule has 4 rings (SSSR count). The molecule has 1 aromatic heterocycles. The largest absolute Gasteiger partial charge is 0.493 e. The zero-order valence-corrected chi connectivity index (χ0v) is 18.1. The van der Waals surface area contributed by atoms with E-state index < -0.39 is 16.5 Å². The van der Waals surface area contributed by atoms with Crippen molar-refractivity contribution in [2.45, 2.75) is 6.54 Å². The number of hydrogen-bond donors (Lipinski definition) is 0. The monoisotopic (exact) mass is 457 g/mol. The predicted octanol–water partition coefficient (Wildman–Crippen LogP) is 3.33. The van der Waals surface area contributed by atoms with Crippen LogP contribution >= 0.6 is 11.3 Å². The van der Waals surface area contributed by atoms with Crippen molar-refractivity contribution in [2.24, 2.45) is 4.99 Å². The van der Waals surface area contributed by atoms with Crippen LogP contribution in [0.15, 0.2) is 41.9 Å². The number of fused-ring (bicyclic) bond motifs is 2. The number of carbonyl (C=O) groups is 1. The number of hydrogen-bond acceptors (Lipinski definition) is 8. The second-order valence-corrected chi connectivity index (χ2v) is 7.66. The van der Waals surface area contributed by atoms with Crippen LogP contribution in [0, 0.1) is 10.1 Å². The number of aromatic nitrogens is 1. The van der Waals surface area contributed by atoms with Crippen LogP contribution < -0.4 is 23.7 Å². The average Bonchev–Trinajstić information content (AvgIpc) is 3.12. The van der Waals surface area contributed by atoms with Crippen molar-refractivity contribution in [2.75, 3.05) is 27.4 Å². The van der Waals surface area contributed by atoms with Gasteiger partial charge in [-0.3, -0.25) is 14.9 Å². The Balaban J connectivity index is 1.89. The first-order valence-electron chi connectivity index (χ1n) is 9.50. The fourth-order valence-electron chi connectivity index (χ4n) is 3.33. The maximum absolute atomic E-state index is 13.0. The molecule has 0 saturated heterocycles. The molecule has 0 saturated carbocycles. The molecular formula is C21H19N3O7S. The number of methoxy groups -OCH3 is 2. The third kappa shape index (κ3) is 3.78. The maximum atomic E-state index is 13.0. The van der Waals surface area contributed by atoms with Crippen molar-refractivity contribution in [3.8, 4) is 23.0 Å². The molecule has 0 unspecified atom stereocenters. The van der Waals surface area contributed by atoms with Gasteiger partial charge in [0.2, 0.25) is 0 Å². The van der Waals surface area contributed by atoms with Gasteiger partial charge in [-0.1, -0.05) is 17.4 Å². The van der Waals surface area contributed by atoms with Crippen molar-refractivity contribution in [1.82, 2.24) is 4.57 Å².